The molecular weight excluding hydrogens is 396 g/mol. The highest BCUT2D eigenvalue weighted by atomic mass is 16.7. The molecule has 0 spiro atoms. The van der Waals surface area contributed by atoms with Gasteiger partial charge in [-0.2, -0.15) is 0 Å². The summed E-state index contributed by atoms with van der Waals surface area (Å²) in [4.78, 5) is 18.9. The molecule has 2 aliphatic carbocycles. The number of nitrogens with zero attached hydrogens (tertiary/aromatic N) is 2. The van der Waals surface area contributed by atoms with Gasteiger partial charge in [0.05, 0.1) is 25.3 Å². The molecule has 3 aliphatic rings. The van der Waals surface area contributed by atoms with Crippen LogP contribution >= 0.6 is 0 Å². The molecule has 7 nitrogen and oxygen atoms in total. The number of hydrogen-bond donors (Lipinski definition) is 0. The zero-order valence-electron chi connectivity index (χ0n) is 19.3. The summed E-state index contributed by atoms with van der Waals surface area (Å²) in [5, 5.41) is 0. The van der Waals surface area contributed by atoms with Crippen molar-refractivity contribution in [1.82, 2.24) is 4.90 Å². The topological polar surface area (TPSA) is 61.6 Å². The molecule has 0 saturated heterocycles. The van der Waals surface area contributed by atoms with E-state index >= 15 is 0 Å². The highest BCUT2D eigenvalue weighted by Gasteiger charge is 2.59. The van der Waals surface area contributed by atoms with Crippen molar-refractivity contribution in [2.45, 2.75) is 69.7 Å². The number of ether oxygens (including phenoxy) is 4. The first-order valence-corrected chi connectivity index (χ1v) is 11.0. The Bertz CT molecular complexity index is 939. The van der Waals surface area contributed by atoms with E-state index in [0.717, 1.165) is 25.7 Å². The van der Waals surface area contributed by atoms with Crippen LogP contribution in [0.15, 0.2) is 0 Å². The van der Waals surface area contributed by atoms with Crippen molar-refractivity contribution >= 4 is 5.97 Å². The first-order valence-electron chi connectivity index (χ1n) is 11.0. The van der Waals surface area contributed by atoms with Crippen LogP contribution < -0.4 is 14.2 Å². The maximum Gasteiger partial charge on any atom is 0.339 e. The van der Waals surface area contributed by atoms with E-state index < -0.39 is 17.3 Å². The summed E-state index contributed by atoms with van der Waals surface area (Å²) in [7, 11) is 7.16. The normalized spacial score (nSPS) is 28.2. The van der Waals surface area contributed by atoms with Gasteiger partial charge in [0.15, 0.2) is 11.5 Å². The van der Waals surface area contributed by atoms with Crippen LogP contribution in [-0.4, -0.2) is 51.0 Å². The van der Waals surface area contributed by atoms with E-state index in [-0.39, 0.29) is 5.92 Å². The summed E-state index contributed by atoms with van der Waals surface area (Å²) in [6.07, 6.45) is 5.54. The number of hydrogen-bond acceptors (Lipinski definition) is 6. The lowest BCUT2D eigenvalue weighted by Gasteiger charge is -2.39. The molecule has 168 valence electrons. The minimum atomic E-state index is -0.835. The van der Waals surface area contributed by atoms with Crippen LogP contribution in [0.3, 0.4) is 0 Å². The standard InChI is InChI=1S/C24H32N2O5/c1-14-17(22(27)29-7)18(24(25-3)12-13-24)20(28-6)21-19(14)30-23(2,31-21)15-8-10-16(11-9-15)26(4)5/h15-16H,8-13H2,1-2,4-7H3. The zero-order chi connectivity index (χ0) is 22.6. The van der Waals surface area contributed by atoms with Crippen molar-refractivity contribution in [3.05, 3.63) is 28.1 Å². The molecule has 2 saturated carbocycles. The largest absolute Gasteiger partial charge is 0.492 e. The van der Waals surface area contributed by atoms with Crippen LogP contribution in [0.1, 0.15) is 66.9 Å². The first-order chi connectivity index (χ1) is 14.7. The van der Waals surface area contributed by atoms with Crippen LogP contribution in [0, 0.1) is 19.4 Å². The van der Waals surface area contributed by atoms with Gasteiger partial charge in [0.25, 0.3) is 11.3 Å². The molecule has 31 heavy (non-hydrogen) atoms. The maximum atomic E-state index is 12.8. The minimum absolute atomic E-state index is 0.223. The molecular formula is C24H32N2O5. The van der Waals surface area contributed by atoms with Crippen molar-refractivity contribution in [2.24, 2.45) is 5.92 Å². The van der Waals surface area contributed by atoms with Crippen LogP contribution in [0.2, 0.25) is 0 Å². The lowest BCUT2D eigenvalue weighted by molar-refractivity contribution is -0.123. The average molecular weight is 429 g/mol. The highest BCUT2D eigenvalue weighted by molar-refractivity contribution is 5.96. The second kappa shape index (κ2) is 7.59. The van der Waals surface area contributed by atoms with Gasteiger partial charge in [0.1, 0.15) is 0 Å². The molecule has 4 rings (SSSR count). The van der Waals surface area contributed by atoms with E-state index in [1.54, 1.807) is 7.11 Å². The quantitative estimate of drug-likeness (QED) is 0.515. The molecule has 0 aromatic heterocycles. The zero-order valence-corrected chi connectivity index (χ0v) is 19.3. The molecule has 1 aromatic carbocycles. The number of rotatable bonds is 5. The molecule has 1 aromatic rings. The lowest BCUT2D eigenvalue weighted by atomic mass is 9.81. The summed E-state index contributed by atoms with van der Waals surface area (Å²) < 4.78 is 23.8. The minimum Gasteiger partial charge on any atom is -0.492 e. The van der Waals surface area contributed by atoms with Crippen molar-refractivity contribution in [2.75, 3.05) is 28.3 Å². The third kappa shape index (κ3) is 3.32. The molecule has 7 heteroatoms. The molecule has 1 unspecified atom stereocenters. The van der Waals surface area contributed by atoms with Crippen LogP contribution in [0.5, 0.6) is 17.2 Å². The van der Waals surface area contributed by atoms with Crippen LogP contribution in [0.25, 0.3) is 4.85 Å². The second-order valence-corrected chi connectivity index (χ2v) is 9.39. The van der Waals surface area contributed by atoms with Crippen molar-refractivity contribution in [1.29, 1.82) is 0 Å². The molecule has 1 aliphatic heterocycles. The van der Waals surface area contributed by atoms with Crippen molar-refractivity contribution in [3.8, 4) is 17.2 Å². The predicted molar refractivity (Wildman–Crippen MR) is 116 cm³/mol. The van der Waals surface area contributed by atoms with Gasteiger partial charge >= 0.3 is 5.97 Å². The SMILES string of the molecule is [C-]#[N+]C1(c2c(OC)c3c(c(C)c2C(=O)OC)OC(C)(C2CCC(N(C)C)CC2)O3)CC1. The third-order valence-electron chi connectivity index (χ3n) is 7.38. The molecule has 2 fully saturated rings. The molecule has 0 amide bonds. The Morgan fingerprint density at radius 1 is 1.13 bits per heavy atom. The number of carbonyl (C=O) groups excluding carboxylic acids is 1. The molecule has 1 atom stereocenters. The van der Waals surface area contributed by atoms with Crippen LogP contribution in [-0.2, 0) is 10.3 Å². The number of fused-ring (bicyclic) bond motifs is 1. The van der Waals surface area contributed by atoms with Gasteiger partial charge in [-0.3, -0.25) is 0 Å². The third-order valence-corrected chi connectivity index (χ3v) is 7.38. The van der Waals surface area contributed by atoms with Gasteiger partial charge in [0.2, 0.25) is 5.75 Å². The highest BCUT2D eigenvalue weighted by Crippen LogP contribution is 2.61. The monoisotopic (exact) mass is 428 g/mol. The van der Waals surface area contributed by atoms with E-state index in [0.29, 0.717) is 52.8 Å². The summed E-state index contributed by atoms with van der Waals surface area (Å²) >= 11 is 0. The van der Waals surface area contributed by atoms with Gasteiger partial charge in [-0.15, -0.1) is 0 Å². The smallest absolute Gasteiger partial charge is 0.339 e. The lowest BCUT2D eigenvalue weighted by Crippen LogP contribution is -2.46. The molecule has 0 radical (unpaired) electrons. The van der Waals surface area contributed by atoms with Gasteiger partial charge in [-0.05, 0) is 46.7 Å². The number of carbonyl (C=O) groups is 1. The van der Waals surface area contributed by atoms with Crippen molar-refractivity contribution in [3.63, 3.8) is 0 Å². The fourth-order valence-electron chi connectivity index (χ4n) is 5.26. The average Bonchev–Trinajstić information content (AvgIpc) is 3.48. The van der Waals surface area contributed by atoms with Gasteiger partial charge in [0, 0.05) is 37.3 Å². The van der Waals surface area contributed by atoms with E-state index in [4.69, 9.17) is 25.5 Å². The second-order valence-electron chi connectivity index (χ2n) is 9.39. The number of methoxy groups -OCH3 is 2. The Kier molecular flexibility index (Phi) is 5.33. The maximum absolute atomic E-state index is 12.8. The van der Waals surface area contributed by atoms with Crippen molar-refractivity contribution < 1.29 is 23.7 Å². The van der Waals surface area contributed by atoms with E-state index in [9.17, 15) is 4.79 Å². The summed E-state index contributed by atoms with van der Waals surface area (Å²) in [5.74, 6) is 0.376. The summed E-state index contributed by atoms with van der Waals surface area (Å²) in [6.45, 7) is 11.6. The van der Waals surface area contributed by atoms with Gasteiger partial charge in [-0.1, -0.05) is 0 Å². The molecule has 0 bridgehead atoms. The summed E-state index contributed by atoms with van der Waals surface area (Å²) in [6, 6.07) is 0.575. The van der Waals surface area contributed by atoms with E-state index in [1.165, 1.54) is 7.11 Å². The Morgan fingerprint density at radius 3 is 2.23 bits per heavy atom. The Labute approximate surface area is 184 Å². The molecule has 1 heterocycles. The van der Waals surface area contributed by atoms with Gasteiger partial charge in [-0.25, -0.2) is 11.4 Å². The number of esters is 1. The fraction of sp³-hybridized carbons (Fsp3) is 0.667. The summed E-state index contributed by atoms with van der Waals surface area (Å²) in [5.41, 5.74) is 0.840. The Hall–Kier alpha value is -2.46. The van der Waals surface area contributed by atoms with E-state index in [2.05, 4.69) is 23.8 Å². The van der Waals surface area contributed by atoms with E-state index in [1.807, 2.05) is 13.8 Å². The predicted octanol–water partition coefficient (Wildman–Crippen LogP) is 4.31. The van der Waals surface area contributed by atoms with Crippen LogP contribution in [0.4, 0.5) is 0 Å². The van der Waals surface area contributed by atoms with Gasteiger partial charge < -0.3 is 28.7 Å². The molecule has 0 N–H and O–H groups in total. The first kappa shape index (κ1) is 21.8. The Morgan fingerprint density at radius 2 is 1.74 bits per heavy atom. The number of benzene rings is 1. The fourth-order valence-corrected chi connectivity index (χ4v) is 5.26. The Balaban J connectivity index is 1.77.